The van der Waals surface area contributed by atoms with Crippen LogP contribution in [0.15, 0.2) is 107 Å². The summed E-state index contributed by atoms with van der Waals surface area (Å²) in [6.07, 6.45) is 3.03. The van der Waals surface area contributed by atoms with E-state index in [1.54, 1.807) is 72.1 Å². The third-order valence-corrected chi connectivity index (χ3v) is 6.29. The molecule has 0 aliphatic carbocycles. The molecule has 0 fully saturated rings. The molecule has 3 aromatic carbocycles. The van der Waals surface area contributed by atoms with Gasteiger partial charge in [-0.3, -0.25) is 9.59 Å². The van der Waals surface area contributed by atoms with Crippen molar-refractivity contribution >= 4 is 47.1 Å². The van der Waals surface area contributed by atoms with Crippen LogP contribution in [-0.4, -0.2) is 38.1 Å². The number of nitrogens with zero attached hydrogens (tertiary/aromatic N) is 2. The second-order valence-corrected chi connectivity index (χ2v) is 9.45. The second kappa shape index (κ2) is 13.0. The number of anilines is 1. The average Bonchev–Trinajstić information content (AvgIpc) is 3.50. The highest BCUT2D eigenvalue weighted by molar-refractivity contribution is 7.12. The van der Waals surface area contributed by atoms with Gasteiger partial charge in [0, 0.05) is 25.3 Å². The minimum absolute atomic E-state index is 0.0365. The molecule has 4 rings (SSSR count). The van der Waals surface area contributed by atoms with Crippen molar-refractivity contribution in [2.45, 2.75) is 0 Å². The zero-order valence-corrected chi connectivity index (χ0v) is 22.1. The van der Waals surface area contributed by atoms with Crippen LogP contribution in [0.4, 0.5) is 5.69 Å². The first-order valence-corrected chi connectivity index (χ1v) is 12.8. The van der Waals surface area contributed by atoms with Crippen LogP contribution in [0.25, 0.3) is 6.08 Å². The Morgan fingerprint density at radius 1 is 0.846 bits per heavy atom. The highest BCUT2D eigenvalue weighted by atomic mass is 32.1. The Morgan fingerprint density at radius 2 is 1.54 bits per heavy atom. The minimum atomic E-state index is -0.589. The molecule has 4 aromatic rings. The van der Waals surface area contributed by atoms with Crippen molar-refractivity contribution in [2.75, 3.05) is 19.0 Å². The average molecular weight is 539 g/mol. The zero-order valence-electron chi connectivity index (χ0n) is 21.3. The summed E-state index contributed by atoms with van der Waals surface area (Å²) in [5.41, 5.74) is 5.32. The van der Waals surface area contributed by atoms with E-state index in [0.29, 0.717) is 21.8 Å². The number of thiophene rings is 1. The topological polar surface area (TPSA) is 100 Å². The number of hydrazone groups is 1. The maximum Gasteiger partial charge on any atom is 0.353 e. The number of rotatable bonds is 9. The third kappa shape index (κ3) is 7.73. The van der Waals surface area contributed by atoms with E-state index in [9.17, 15) is 14.4 Å². The lowest BCUT2D eigenvalue weighted by molar-refractivity contribution is -0.117. The molecule has 0 unspecified atom stereocenters. The molecule has 0 spiro atoms. The molecule has 2 amide bonds. The molecule has 0 radical (unpaired) electrons. The summed E-state index contributed by atoms with van der Waals surface area (Å²) in [5.74, 6) is -1.04. The molecule has 0 aliphatic rings. The molecule has 0 bridgehead atoms. The quantitative estimate of drug-likeness (QED) is 0.103. The molecule has 2 N–H and O–H groups in total. The number of amides is 2. The van der Waals surface area contributed by atoms with Gasteiger partial charge in [0.05, 0.1) is 6.21 Å². The van der Waals surface area contributed by atoms with Gasteiger partial charge in [0.2, 0.25) is 0 Å². The summed E-state index contributed by atoms with van der Waals surface area (Å²) in [6, 6.07) is 26.3. The maximum absolute atomic E-state index is 13.0. The highest BCUT2D eigenvalue weighted by Gasteiger charge is 2.14. The smallest absolute Gasteiger partial charge is 0.353 e. The molecular formula is C30H26N4O4S. The fourth-order valence-electron chi connectivity index (χ4n) is 3.38. The van der Waals surface area contributed by atoms with Crippen molar-refractivity contribution in [3.05, 3.63) is 124 Å². The van der Waals surface area contributed by atoms with Gasteiger partial charge < -0.3 is 15.0 Å². The van der Waals surface area contributed by atoms with Crippen LogP contribution in [0.2, 0.25) is 0 Å². The summed E-state index contributed by atoms with van der Waals surface area (Å²) in [4.78, 5) is 40.3. The number of hydrogen-bond acceptors (Lipinski definition) is 7. The Hall–Kier alpha value is -5.02. The molecule has 196 valence electrons. The monoisotopic (exact) mass is 538 g/mol. The van der Waals surface area contributed by atoms with E-state index in [-0.39, 0.29) is 5.70 Å². The van der Waals surface area contributed by atoms with Gasteiger partial charge in [-0.1, -0.05) is 36.4 Å². The van der Waals surface area contributed by atoms with E-state index >= 15 is 0 Å². The predicted molar refractivity (Wildman–Crippen MR) is 154 cm³/mol. The first kappa shape index (κ1) is 27.0. The Labute approximate surface area is 230 Å². The van der Waals surface area contributed by atoms with Gasteiger partial charge in [-0.2, -0.15) is 5.10 Å². The Morgan fingerprint density at radius 3 is 2.18 bits per heavy atom. The van der Waals surface area contributed by atoms with Gasteiger partial charge in [0.1, 0.15) is 16.3 Å². The molecule has 1 aromatic heterocycles. The fourth-order valence-corrected chi connectivity index (χ4v) is 3.98. The van der Waals surface area contributed by atoms with Gasteiger partial charge in [0.25, 0.3) is 11.8 Å². The first-order valence-electron chi connectivity index (χ1n) is 11.9. The molecule has 39 heavy (non-hydrogen) atoms. The van der Waals surface area contributed by atoms with Crippen LogP contribution in [0.1, 0.15) is 31.2 Å². The van der Waals surface area contributed by atoms with Gasteiger partial charge in [-0.05, 0) is 77.2 Å². The van der Waals surface area contributed by atoms with E-state index in [1.807, 2.05) is 49.3 Å². The van der Waals surface area contributed by atoms with E-state index in [1.165, 1.54) is 17.6 Å². The van der Waals surface area contributed by atoms with Gasteiger partial charge >= 0.3 is 5.97 Å². The summed E-state index contributed by atoms with van der Waals surface area (Å²) in [6.45, 7) is 0. The summed E-state index contributed by atoms with van der Waals surface area (Å²) in [5, 5.41) is 8.51. The summed E-state index contributed by atoms with van der Waals surface area (Å²) < 4.78 is 5.35. The molecule has 0 aliphatic heterocycles. The summed E-state index contributed by atoms with van der Waals surface area (Å²) in [7, 11) is 3.88. The van der Waals surface area contributed by atoms with Crippen LogP contribution in [0.5, 0.6) is 5.75 Å². The molecular weight excluding hydrogens is 512 g/mol. The number of hydrogen-bond donors (Lipinski definition) is 2. The second-order valence-electron chi connectivity index (χ2n) is 8.50. The molecule has 8 nitrogen and oxygen atoms in total. The first-order chi connectivity index (χ1) is 18.9. The number of nitrogens with one attached hydrogen (secondary N) is 2. The number of esters is 1. The van der Waals surface area contributed by atoms with E-state index < -0.39 is 17.8 Å². The van der Waals surface area contributed by atoms with Crippen molar-refractivity contribution in [3.8, 4) is 5.75 Å². The number of carbonyl (C=O) groups excluding carboxylic acids is 3. The lowest BCUT2D eigenvalue weighted by Gasteiger charge is -2.12. The van der Waals surface area contributed by atoms with Crippen molar-refractivity contribution in [1.29, 1.82) is 0 Å². The Kier molecular flexibility index (Phi) is 8.99. The Bertz CT molecular complexity index is 1480. The molecule has 0 saturated heterocycles. The molecule has 9 heteroatoms. The van der Waals surface area contributed by atoms with Gasteiger partial charge in [-0.25, -0.2) is 10.2 Å². The standard InChI is InChI=1S/C30H26N4O4S/c1-34(2)24-14-10-21(11-15-24)19-26(32-28(35)23-7-4-3-5-8-23)29(36)33-31-20-22-12-16-25(17-13-22)38-30(37)27-9-6-18-39-27/h3-20H,1-2H3,(H,32,35)(H,33,36)/b26-19-,31-20-. The third-order valence-electron chi connectivity index (χ3n) is 5.44. The predicted octanol–water partition coefficient (Wildman–Crippen LogP) is 4.95. The minimum Gasteiger partial charge on any atom is -0.422 e. The molecule has 0 saturated carbocycles. The van der Waals surface area contributed by atoms with Crippen LogP contribution in [0, 0.1) is 0 Å². The van der Waals surface area contributed by atoms with Crippen molar-refractivity contribution in [2.24, 2.45) is 5.10 Å². The normalized spacial score (nSPS) is 11.2. The number of ether oxygens (including phenoxy) is 1. The fraction of sp³-hybridized carbons (Fsp3) is 0.0667. The van der Waals surface area contributed by atoms with Crippen molar-refractivity contribution < 1.29 is 19.1 Å². The summed E-state index contributed by atoms with van der Waals surface area (Å²) >= 11 is 1.31. The van der Waals surface area contributed by atoms with Crippen LogP contribution in [-0.2, 0) is 4.79 Å². The number of carbonyl (C=O) groups is 3. The SMILES string of the molecule is CN(C)c1ccc(/C=C(\NC(=O)c2ccccc2)C(=O)N/N=C\c2ccc(OC(=O)c3cccs3)cc2)cc1. The lowest BCUT2D eigenvalue weighted by Crippen LogP contribution is -2.32. The van der Waals surface area contributed by atoms with E-state index in [4.69, 9.17) is 4.74 Å². The maximum atomic E-state index is 13.0. The molecule has 1 heterocycles. The van der Waals surface area contributed by atoms with Crippen molar-refractivity contribution in [3.63, 3.8) is 0 Å². The lowest BCUT2D eigenvalue weighted by atomic mass is 10.1. The van der Waals surface area contributed by atoms with Gasteiger partial charge in [-0.15, -0.1) is 11.3 Å². The largest absolute Gasteiger partial charge is 0.422 e. The van der Waals surface area contributed by atoms with Crippen LogP contribution < -0.4 is 20.4 Å². The van der Waals surface area contributed by atoms with E-state index in [0.717, 1.165) is 11.3 Å². The van der Waals surface area contributed by atoms with Gasteiger partial charge in [0.15, 0.2) is 0 Å². The number of benzene rings is 3. The van der Waals surface area contributed by atoms with Crippen molar-refractivity contribution in [1.82, 2.24) is 10.7 Å². The zero-order chi connectivity index (χ0) is 27.6. The highest BCUT2D eigenvalue weighted by Crippen LogP contribution is 2.17. The van der Waals surface area contributed by atoms with E-state index in [2.05, 4.69) is 15.8 Å². The molecule has 0 atom stereocenters. The van der Waals surface area contributed by atoms with Crippen LogP contribution in [0.3, 0.4) is 0 Å². The Balaban J connectivity index is 1.44. The van der Waals surface area contributed by atoms with Crippen LogP contribution >= 0.6 is 11.3 Å².